The van der Waals surface area contributed by atoms with E-state index in [1.165, 1.54) is 9.58 Å². The minimum atomic E-state index is -0.937. The summed E-state index contributed by atoms with van der Waals surface area (Å²) in [5.41, 5.74) is 5.27. The molecule has 90 valence electrons. The van der Waals surface area contributed by atoms with Crippen LogP contribution in [0.15, 0.2) is 6.20 Å². The number of nitrogens with two attached hydrogens (primary N) is 1. The van der Waals surface area contributed by atoms with Crippen LogP contribution in [0.2, 0.25) is 0 Å². The Kier molecular flexibility index (Phi) is 3.23. The minimum Gasteiger partial charge on any atom is -0.396 e. The molecule has 0 radical (unpaired) electrons. The first-order valence-electron chi connectivity index (χ1n) is 4.97. The van der Waals surface area contributed by atoms with Gasteiger partial charge < -0.3 is 15.7 Å². The number of nitrogen functional groups attached to an aromatic ring is 1. The Morgan fingerprint density at radius 1 is 1.69 bits per heavy atom. The van der Waals surface area contributed by atoms with E-state index in [9.17, 15) is 9.90 Å². The monoisotopic (exact) mass is 226 g/mol. The van der Waals surface area contributed by atoms with E-state index in [-0.39, 0.29) is 18.1 Å². The van der Waals surface area contributed by atoms with Gasteiger partial charge in [-0.3, -0.25) is 9.48 Å². The Morgan fingerprint density at radius 2 is 2.25 bits per heavy atom. The zero-order chi connectivity index (χ0) is 12.5. The summed E-state index contributed by atoms with van der Waals surface area (Å²) in [4.78, 5) is 13.3. The lowest BCUT2D eigenvalue weighted by atomic mass is 10.1. The number of anilines is 1. The highest BCUT2D eigenvalue weighted by molar-refractivity contribution is 5.96. The van der Waals surface area contributed by atoms with Crippen molar-refractivity contribution < 1.29 is 9.90 Å². The first-order chi connectivity index (χ1) is 7.20. The Labute approximate surface area is 94.6 Å². The maximum absolute atomic E-state index is 11.9. The van der Waals surface area contributed by atoms with E-state index >= 15 is 0 Å². The van der Waals surface area contributed by atoms with Crippen molar-refractivity contribution in [1.29, 1.82) is 0 Å². The number of aromatic nitrogens is 2. The summed E-state index contributed by atoms with van der Waals surface area (Å²) in [5, 5.41) is 13.6. The summed E-state index contributed by atoms with van der Waals surface area (Å²) in [6, 6.07) is 0. The van der Waals surface area contributed by atoms with Gasteiger partial charge in [0.1, 0.15) is 0 Å². The molecule has 1 rings (SSSR count). The van der Waals surface area contributed by atoms with Crippen molar-refractivity contribution in [2.75, 3.05) is 19.3 Å². The fraction of sp³-hybridized carbons (Fsp3) is 0.600. The van der Waals surface area contributed by atoms with Crippen LogP contribution in [-0.4, -0.2) is 44.9 Å². The molecule has 1 aromatic heterocycles. The number of hydrogen-bond acceptors (Lipinski definition) is 4. The second-order valence-corrected chi connectivity index (χ2v) is 4.58. The minimum absolute atomic E-state index is 0.217. The molecule has 0 spiro atoms. The summed E-state index contributed by atoms with van der Waals surface area (Å²) in [6.45, 7) is 3.50. The van der Waals surface area contributed by atoms with E-state index in [1.54, 1.807) is 34.1 Å². The summed E-state index contributed by atoms with van der Waals surface area (Å²) in [7, 11) is 3.30. The molecule has 0 aliphatic carbocycles. The molecule has 3 N–H and O–H groups in total. The summed E-state index contributed by atoms with van der Waals surface area (Å²) in [6.07, 6.45) is 1.57. The van der Waals surface area contributed by atoms with Gasteiger partial charge in [-0.15, -0.1) is 0 Å². The molecule has 0 saturated carbocycles. The highest BCUT2D eigenvalue weighted by atomic mass is 16.3. The summed E-state index contributed by atoms with van der Waals surface area (Å²) < 4.78 is 1.49. The van der Waals surface area contributed by atoms with Crippen LogP contribution in [0.1, 0.15) is 24.3 Å². The van der Waals surface area contributed by atoms with Gasteiger partial charge in [-0.05, 0) is 13.8 Å². The number of aryl methyl sites for hydroxylation is 1. The predicted octanol–water partition coefficient (Wildman–Crippen LogP) is -0.155. The van der Waals surface area contributed by atoms with Crippen LogP contribution in [0.5, 0.6) is 0 Å². The van der Waals surface area contributed by atoms with Crippen LogP contribution < -0.4 is 5.73 Å². The average Bonchev–Trinajstić information content (AvgIpc) is 2.41. The molecule has 6 heteroatoms. The van der Waals surface area contributed by atoms with Gasteiger partial charge in [-0.1, -0.05) is 0 Å². The molecule has 0 fully saturated rings. The van der Waals surface area contributed by atoms with Crippen molar-refractivity contribution in [1.82, 2.24) is 14.7 Å². The number of rotatable bonds is 3. The fourth-order valence-electron chi connectivity index (χ4n) is 1.51. The van der Waals surface area contributed by atoms with Crippen LogP contribution in [0.25, 0.3) is 0 Å². The molecule has 6 nitrogen and oxygen atoms in total. The number of amides is 1. The van der Waals surface area contributed by atoms with Crippen molar-refractivity contribution in [2.24, 2.45) is 7.05 Å². The topological polar surface area (TPSA) is 84.4 Å². The highest BCUT2D eigenvalue weighted by Gasteiger charge is 2.23. The van der Waals surface area contributed by atoms with Gasteiger partial charge in [0.25, 0.3) is 5.91 Å². The number of likely N-dealkylation sites (N-methyl/N-ethyl adjacent to an activating group) is 1. The normalized spacial score (nSPS) is 11.6. The molecule has 16 heavy (non-hydrogen) atoms. The van der Waals surface area contributed by atoms with Gasteiger partial charge >= 0.3 is 0 Å². The van der Waals surface area contributed by atoms with Crippen molar-refractivity contribution >= 4 is 11.6 Å². The Morgan fingerprint density at radius 3 is 2.62 bits per heavy atom. The SMILES string of the molecule is CN(CC(C)(C)O)C(=O)c1nn(C)cc1N. The first kappa shape index (κ1) is 12.5. The van der Waals surface area contributed by atoms with Gasteiger partial charge in [-0.2, -0.15) is 5.10 Å². The molecular formula is C10H18N4O2. The van der Waals surface area contributed by atoms with E-state index in [0.717, 1.165) is 0 Å². The molecule has 0 aromatic carbocycles. The summed E-state index contributed by atoms with van der Waals surface area (Å²) in [5.74, 6) is -0.291. The Balaban J connectivity index is 2.82. The second-order valence-electron chi connectivity index (χ2n) is 4.58. The quantitative estimate of drug-likeness (QED) is 0.750. The van der Waals surface area contributed by atoms with Crippen LogP contribution in [0, 0.1) is 0 Å². The Bertz CT molecular complexity index is 392. The number of aliphatic hydroxyl groups is 1. The number of carbonyl (C=O) groups excluding carboxylic acids is 1. The molecule has 0 unspecified atom stereocenters. The summed E-state index contributed by atoms with van der Waals surface area (Å²) >= 11 is 0. The molecule has 0 saturated heterocycles. The standard InChI is InChI=1S/C10H18N4O2/c1-10(2,16)6-13(3)9(15)8-7(11)5-14(4)12-8/h5,16H,6,11H2,1-4H3. The van der Waals surface area contributed by atoms with Gasteiger partial charge in [0.05, 0.1) is 11.3 Å². The van der Waals surface area contributed by atoms with Crippen molar-refractivity contribution in [3.63, 3.8) is 0 Å². The van der Waals surface area contributed by atoms with Crippen molar-refractivity contribution in [2.45, 2.75) is 19.4 Å². The molecular weight excluding hydrogens is 208 g/mol. The maximum atomic E-state index is 11.9. The highest BCUT2D eigenvalue weighted by Crippen LogP contribution is 2.12. The van der Waals surface area contributed by atoms with Crippen molar-refractivity contribution in [3.05, 3.63) is 11.9 Å². The lowest BCUT2D eigenvalue weighted by Crippen LogP contribution is -2.40. The van der Waals surface area contributed by atoms with Crippen LogP contribution >= 0.6 is 0 Å². The average molecular weight is 226 g/mol. The van der Waals surface area contributed by atoms with Crippen molar-refractivity contribution in [3.8, 4) is 0 Å². The molecule has 1 aromatic rings. The molecule has 0 aliphatic rings. The smallest absolute Gasteiger partial charge is 0.276 e. The fourth-order valence-corrected chi connectivity index (χ4v) is 1.51. The van der Waals surface area contributed by atoms with Gasteiger partial charge in [-0.25, -0.2) is 0 Å². The number of hydrogen-bond donors (Lipinski definition) is 2. The molecule has 0 aliphatic heterocycles. The van der Waals surface area contributed by atoms with E-state index in [1.807, 2.05) is 0 Å². The zero-order valence-electron chi connectivity index (χ0n) is 10.1. The van der Waals surface area contributed by atoms with E-state index in [2.05, 4.69) is 5.10 Å². The van der Waals surface area contributed by atoms with Crippen LogP contribution in [-0.2, 0) is 7.05 Å². The van der Waals surface area contributed by atoms with E-state index < -0.39 is 5.60 Å². The first-order valence-corrected chi connectivity index (χ1v) is 4.97. The largest absolute Gasteiger partial charge is 0.396 e. The molecule has 0 atom stereocenters. The van der Waals surface area contributed by atoms with E-state index in [4.69, 9.17) is 5.73 Å². The van der Waals surface area contributed by atoms with E-state index in [0.29, 0.717) is 5.69 Å². The second kappa shape index (κ2) is 4.13. The molecule has 1 heterocycles. The zero-order valence-corrected chi connectivity index (χ0v) is 10.1. The van der Waals surface area contributed by atoms with Crippen LogP contribution in [0.4, 0.5) is 5.69 Å². The maximum Gasteiger partial charge on any atom is 0.276 e. The number of carbonyl (C=O) groups is 1. The number of nitrogens with zero attached hydrogens (tertiary/aromatic N) is 3. The third-order valence-electron chi connectivity index (χ3n) is 2.03. The third-order valence-corrected chi connectivity index (χ3v) is 2.03. The van der Waals surface area contributed by atoms with Gasteiger partial charge in [0.2, 0.25) is 0 Å². The van der Waals surface area contributed by atoms with Crippen LogP contribution in [0.3, 0.4) is 0 Å². The third kappa shape index (κ3) is 2.96. The lowest BCUT2D eigenvalue weighted by Gasteiger charge is -2.25. The predicted molar refractivity (Wildman–Crippen MR) is 60.9 cm³/mol. The molecule has 0 bridgehead atoms. The van der Waals surface area contributed by atoms with Gasteiger partial charge in [0, 0.05) is 26.8 Å². The molecule has 1 amide bonds. The Hall–Kier alpha value is -1.56. The lowest BCUT2D eigenvalue weighted by molar-refractivity contribution is 0.0365. The van der Waals surface area contributed by atoms with Gasteiger partial charge in [0.15, 0.2) is 5.69 Å².